The lowest BCUT2D eigenvalue weighted by molar-refractivity contribution is 0.742. The van der Waals surface area contributed by atoms with Crippen LogP contribution in [0.15, 0.2) is 24.3 Å². The molecule has 0 bridgehead atoms. The largest absolute Gasteiger partial charge is 0.0916 e. The fourth-order valence-corrected chi connectivity index (χ4v) is 0.758. The van der Waals surface area contributed by atoms with Gasteiger partial charge in [0.25, 0.3) is 0 Å². The van der Waals surface area contributed by atoms with Crippen molar-refractivity contribution in [3.63, 3.8) is 0 Å². The van der Waals surface area contributed by atoms with Crippen molar-refractivity contribution >= 4 is 0 Å². The summed E-state index contributed by atoms with van der Waals surface area (Å²) in [6.45, 7) is 6.34. The van der Waals surface area contributed by atoms with Crippen LogP contribution >= 0.6 is 0 Å². The molecule has 0 amide bonds. The lowest BCUT2D eigenvalue weighted by Crippen LogP contribution is -1.84. The molecule has 0 rings (SSSR count). The minimum absolute atomic E-state index is 0.700. The van der Waals surface area contributed by atoms with E-state index in [4.69, 9.17) is 0 Å². The van der Waals surface area contributed by atoms with Crippen molar-refractivity contribution in [3.8, 4) is 0 Å². The first-order chi connectivity index (χ1) is 4.31. The van der Waals surface area contributed by atoms with E-state index in [2.05, 4.69) is 45.1 Å². The Kier molecular flexibility index (Phi) is 5.29. The zero-order valence-corrected chi connectivity index (χ0v) is 6.59. The summed E-state index contributed by atoms with van der Waals surface area (Å²) in [6, 6.07) is 0. The van der Waals surface area contributed by atoms with Crippen molar-refractivity contribution in [3.05, 3.63) is 24.3 Å². The van der Waals surface area contributed by atoms with E-state index in [1.165, 1.54) is 6.42 Å². The molecule has 0 aliphatic heterocycles. The highest BCUT2D eigenvalue weighted by atomic mass is 13.9. The van der Waals surface area contributed by atoms with Crippen molar-refractivity contribution in [2.45, 2.75) is 27.2 Å². The van der Waals surface area contributed by atoms with E-state index in [0.29, 0.717) is 5.92 Å². The average molecular weight is 124 g/mol. The summed E-state index contributed by atoms with van der Waals surface area (Å²) in [5.74, 6) is 0.700. The van der Waals surface area contributed by atoms with Crippen LogP contribution < -0.4 is 0 Å². The van der Waals surface area contributed by atoms with Crippen LogP contribution in [0.4, 0.5) is 0 Å². The molecule has 0 radical (unpaired) electrons. The molecule has 0 nitrogen and oxygen atoms in total. The second-order valence-corrected chi connectivity index (χ2v) is 2.31. The molecule has 1 unspecified atom stereocenters. The third kappa shape index (κ3) is 5.35. The Morgan fingerprint density at radius 1 is 1.22 bits per heavy atom. The van der Waals surface area contributed by atoms with E-state index in [1.54, 1.807) is 0 Å². The van der Waals surface area contributed by atoms with Gasteiger partial charge >= 0.3 is 0 Å². The van der Waals surface area contributed by atoms with Crippen LogP contribution in [0.1, 0.15) is 27.2 Å². The highest BCUT2D eigenvalue weighted by Crippen LogP contribution is 2.03. The summed E-state index contributed by atoms with van der Waals surface area (Å²) in [5, 5.41) is 0. The molecule has 0 aromatic carbocycles. The van der Waals surface area contributed by atoms with Gasteiger partial charge in [0.15, 0.2) is 0 Å². The fraction of sp³-hybridized carbons (Fsp3) is 0.556. The van der Waals surface area contributed by atoms with Crippen molar-refractivity contribution < 1.29 is 0 Å². The lowest BCUT2D eigenvalue weighted by atomic mass is 10.1. The first kappa shape index (κ1) is 8.48. The van der Waals surface area contributed by atoms with Gasteiger partial charge in [-0.05, 0) is 26.2 Å². The fourth-order valence-electron chi connectivity index (χ4n) is 0.758. The summed E-state index contributed by atoms with van der Waals surface area (Å²) in [4.78, 5) is 0. The monoisotopic (exact) mass is 124 g/mol. The predicted molar refractivity (Wildman–Crippen MR) is 43.4 cm³/mol. The van der Waals surface area contributed by atoms with Crippen molar-refractivity contribution in [1.82, 2.24) is 0 Å². The van der Waals surface area contributed by atoms with Gasteiger partial charge in [-0.3, -0.25) is 0 Å². The van der Waals surface area contributed by atoms with E-state index >= 15 is 0 Å². The predicted octanol–water partition coefficient (Wildman–Crippen LogP) is 3.16. The van der Waals surface area contributed by atoms with Gasteiger partial charge in [-0.25, -0.2) is 0 Å². The van der Waals surface area contributed by atoms with Crippen molar-refractivity contribution in [1.29, 1.82) is 0 Å². The molecule has 9 heavy (non-hydrogen) atoms. The minimum atomic E-state index is 0.700. The molecule has 0 saturated carbocycles. The van der Waals surface area contributed by atoms with Gasteiger partial charge < -0.3 is 0 Å². The summed E-state index contributed by atoms with van der Waals surface area (Å²) in [7, 11) is 0. The van der Waals surface area contributed by atoms with Gasteiger partial charge in [0, 0.05) is 0 Å². The Bertz CT molecular complexity index is 98.6. The summed E-state index contributed by atoms with van der Waals surface area (Å²) in [5.41, 5.74) is 0. The first-order valence-electron chi connectivity index (χ1n) is 3.55. The van der Waals surface area contributed by atoms with Crippen LogP contribution in [-0.4, -0.2) is 0 Å². The maximum atomic E-state index is 2.22. The van der Waals surface area contributed by atoms with Crippen LogP contribution in [0.5, 0.6) is 0 Å². The van der Waals surface area contributed by atoms with E-state index < -0.39 is 0 Å². The molecular weight excluding hydrogens is 108 g/mol. The molecule has 0 saturated heterocycles. The molecule has 0 heterocycles. The quantitative estimate of drug-likeness (QED) is 0.507. The normalized spacial score (nSPS) is 15.4. The molecule has 0 aliphatic carbocycles. The molecule has 0 aliphatic rings. The second-order valence-electron chi connectivity index (χ2n) is 2.31. The Morgan fingerprint density at radius 3 is 2.33 bits per heavy atom. The smallest absolute Gasteiger partial charge is 0.0227 e. The van der Waals surface area contributed by atoms with Crippen molar-refractivity contribution in [2.75, 3.05) is 0 Å². The Balaban J connectivity index is 3.37. The Morgan fingerprint density at radius 2 is 1.89 bits per heavy atom. The third-order valence-electron chi connectivity index (χ3n) is 1.26. The first-order valence-corrected chi connectivity index (χ1v) is 3.55. The van der Waals surface area contributed by atoms with E-state index in [9.17, 15) is 0 Å². The van der Waals surface area contributed by atoms with Crippen molar-refractivity contribution in [2.24, 2.45) is 5.92 Å². The minimum Gasteiger partial charge on any atom is -0.0916 e. The summed E-state index contributed by atoms with van der Waals surface area (Å²) >= 11 is 0. The van der Waals surface area contributed by atoms with Gasteiger partial charge in [0.1, 0.15) is 0 Å². The molecule has 0 aromatic heterocycles. The lowest BCUT2D eigenvalue weighted by Gasteiger charge is -1.97. The SMILES string of the molecule is C/C=C/CC(C)/C=C/C. The third-order valence-corrected chi connectivity index (χ3v) is 1.26. The molecule has 0 aromatic rings. The number of rotatable bonds is 3. The molecule has 0 N–H and O–H groups in total. The average Bonchev–Trinajstić information content (AvgIpc) is 1.85. The van der Waals surface area contributed by atoms with E-state index in [-0.39, 0.29) is 0 Å². The van der Waals surface area contributed by atoms with Crippen LogP contribution in [0.25, 0.3) is 0 Å². The van der Waals surface area contributed by atoms with Gasteiger partial charge in [0.05, 0.1) is 0 Å². The van der Waals surface area contributed by atoms with Crippen LogP contribution in [-0.2, 0) is 0 Å². The zero-order valence-electron chi connectivity index (χ0n) is 6.59. The topological polar surface area (TPSA) is 0 Å². The van der Waals surface area contributed by atoms with E-state index in [1.807, 2.05) is 0 Å². The summed E-state index contributed by atoms with van der Waals surface area (Å²) < 4.78 is 0. The second kappa shape index (κ2) is 5.61. The van der Waals surface area contributed by atoms with Gasteiger partial charge in [0.2, 0.25) is 0 Å². The highest BCUT2D eigenvalue weighted by molar-refractivity contribution is 4.89. The zero-order chi connectivity index (χ0) is 7.11. The Labute approximate surface area is 58.3 Å². The van der Waals surface area contributed by atoms with Gasteiger partial charge in [-0.15, -0.1) is 0 Å². The molecule has 0 heteroatoms. The van der Waals surface area contributed by atoms with Crippen LogP contribution in [0.3, 0.4) is 0 Å². The number of hydrogen-bond acceptors (Lipinski definition) is 0. The number of allylic oxidation sites excluding steroid dienone is 4. The van der Waals surface area contributed by atoms with Crippen LogP contribution in [0, 0.1) is 5.92 Å². The molecule has 1 atom stereocenters. The number of hydrogen-bond donors (Lipinski definition) is 0. The molecule has 0 spiro atoms. The standard InChI is InChI=1S/C9H16/c1-4-6-8-9(3)7-5-2/h4-7,9H,8H2,1-3H3/b6-4+,7-5+. The van der Waals surface area contributed by atoms with Crippen LogP contribution in [0.2, 0.25) is 0 Å². The van der Waals surface area contributed by atoms with Gasteiger partial charge in [-0.1, -0.05) is 31.2 Å². The maximum absolute atomic E-state index is 2.22. The van der Waals surface area contributed by atoms with Gasteiger partial charge in [-0.2, -0.15) is 0 Å². The molecule has 52 valence electrons. The molecular formula is C9H16. The van der Waals surface area contributed by atoms with E-state index in [0.717, 1.165) is 0 Å². The maximum Gasteiger partial charge on any atom is -0.0227 e. The molecule has 0 fully saturated rings. The Hall–Kier alpha value is -0.520. The highest BCUT2D eigenvalue weighted by Gasteiger charge is 1.88. The summed E-state index contributed by atoms with van der Waals surface area (Å²) in [6.07, 6.45) is 9.79.